The van der Waals surface area contributed by atoms with Gasteiger partial charge in [-0.05, 0) is 0 Å². The third kappa shape index (κ3) is 0.933. The maximum atomic E-state index is 5.40. The van der Waals surface area contributed by atoms with Crippen LogP contribution in [0, 0.1) is 6.33 Å². The zero-order valence-corrected chi connectivity index (χ0v) is 4.61. The number of halogens is 1. The van der Waals surface area contributed by atoms with Crippen molar-refractivity contribution in [3.8, 4) is 0 Å². The molecule has 0 fully saturated rings. The topological polar surface area (TPSA) is 17.8 Å². The van der Waals surface area contributed by atoms with Crippen LogP contribution in [-0.2, 0) is 7.05 Å². The number of rotatable bonds is 0. The van der Waals surface area contributed by atoms with Crippen LogP contribution in [0.2, 0.25) is 5.15 Å². The Balaban J connectivity index is 3.04. The third-order valence-electron chi connectivity index (χ3n) is 0.615. The predicted octanol–water partition coefficient (Wildman–Crippen LogP) is 0.874. The molecule has 0 aliphatic heterocycles. The van der Waals surface area contributed by atoms with Gasteiger partial charge in [-0.1, -0.05) is 11.6 Å². The molecule has 0 amide bonds. The molecule has 7 heavy (non-hydrogen) atoms. The Morgan fingerprint density at radius 2 is 2.71 bits per heavy atom. The van der Waals surface area contributed by atoms with Gasteiger partial charge in [0.25, 0.3) is 0 Å². The summed E-state index contributed by atoms with van der Waals surface area (Å²) in [6, 6.07) is 0. The minimum absolute atomic E-state index is 0.488. The van der Waals surface area contributed by atoms with Gasteiger partial charge in [0.05, 0.1) is 0 Å². The first-order chi connectivity index (χ1) is 3.29. The van der Waals surface area contributed by atoms with Crippen molar-refractivity contribution < 1.29 is 0 Å². The summed E-state index contributed by atoms with van der Waals surface area (Å²) in [5.74, 6) is 0. The second-order valence-electron chi connectivity index (χ2n) is 1.27. The Bertz CT molecular complexity index is 142. The van der Waals surface area contributed by atoms with Gasteiger partial charge in [-0.15, -0.1) is 0 Å². The number of imidazole rings is 1. The summed E-state index contributed by atoms with van der Waals surface area (Å²) in [4.78, 5) is 3.62. The molecule has 0 aliphatic rings. The maximum absolute atomic E-state index is 5.40. The van der Waals surface area contributed by atoms with Crippen LogP contribution >= 0.6 is 11.6 Å². The SMILES string of the molecule is Cn1[c]nc(Cl)c1. The van der Waals surface area contributed by atoms with Crippen molar-refractivity contribution in [3.63, 3.8) is 0 Å². The Morgan fingerprint density at radius 1 is 2.00 bits per heavy atom. The highest BCUT2D eigenvalue weighted by Gasteiger charge is 1.85. The molecule has 0 saturated heterocycles. The van der Waals surface area contributed by atoms with Crippen LogP contribution in [-0.4, -0.2) is 9.55 Å². The van der Waals surface area contributed by atoms with Crippen LogP contribution in [0.5, 0.6) is 0 Å². The van der Waals surface area contributed by atoms with Gasteiger partial charge in [-0.3, -0.25) is 0 Å². The first kappa shape index (κ1) is 4.65. The molecule has 0 aromatic carbocycles. The second kappa shape index (κ2) is 1.54. The summed E-state index contributed by atoms with van der Waals surface area (Å²) >= 11 is 5.40. The van der Waals surface area contributed by atoms with Gasteiger partial charge in [0, 0.05) is 13.2 Å². The molecular formula is C4H4ClN2. The van der Waals surface area contributed by atoms with Crippen molar-refractivity contribution in [2.45, 2.75) is 0 Å². The molecule has 1 aromatic rings. The predicted molar refractivity (Wildman–Crippen MR) is 27.1 cm³/mol. The number of aromatic nitrogens is 2. The summed E-state index contributed by atoms with van der Waals surface area (Å²) in [7, 11) is 1.82. The standard InChI is InChI=1S/C4H4ClN2/c1-7-2-4(5)6-3-7/h2H,1H3. The smallest absolute Gasteiger partial charge is 0.177 e. The van der Waals surface area contributed by atoms with Crippen LogP contribution in [0.1, 0.15) is 0 Å². The fourth-order valence-electron chi connectivity index (χ4n) is 0.344. The van der Waals surface area contributed by atoms with E-state index in [1.807, 2.05) is 7.05 Å². The lowest BCUT2D eigenvalue weighted by Gasteiger charge is -1.76. The Morgan fingerprint density at radius 3 is 2.86 bits per heavy atom. The van der Waals surface area contributed by atoms with Gasteiger partial charge < -0.3 is 4.57 Å². The fourth-order valence-corrected chi connectivity index (χ4v) is 0.528. The first-order valence-corrected chi connectivity index (χ1v) is 2.23. The van der Waals surface area contributed by atoms with E-state index in [9.17, 15) is 0 Å². The van der Waals surface area contributed by atoms with Crippen LogP contribution in [0.25, 0.3) is 0 Å². The molecule has 0 aliphatic carbocycles. The molecule has 0 bridgehead atoms. The molecule has 1 rings (SSSR count). The fraction of sp³-hybridized carbons (Fsp3) is 0.250. The average molecular weight is 116 g/mol. The van der Waals surface area contributed by atoms with Crippen molar-refractivity contribution in [1.29, 1.82) is 0 Å². The Labute approximate surface area is 46.7 Å². The van der Waals surface area contributed by atoms with Gasteiger partial charge in [-0.25, -0.2) is 4.98 Å². The Hall–Kier alpha value is -0.500. The summed E-state index contributed by atoms with van der Waals surface area (Å²) in [5, 5.41) is 0.488. The third-order valence-corrected chi connectivity index (χ3v) is 0.797. The Kier molecular flexibility index (Phi) is 1.02. The van der Waals surface area contributed by atoms with Crippen LogP contribution < -0.4 is 0 Å². The van der Waals surface area contributed by atoms with Crippen molar-refractivity contribution in [3.05, 3.63) is 17.7 Å². The van der Waals surface area contributed by atoms with E-state index in [-0.39, 0.29) is 0 Å². The number of hydrogen-bond acceptors (Lipinski definition) is 1. The molecule has 1 radical (unpaired) electrons. The van der Waals surface area contributed by atoms with Crippen LogP contribution in [0.3, 0.4) is 0 Å². The number of aryl methyl sites for hydroxylation is 1. The second-order valence-corrected chi connectivity index (χ2v) is 1.66. The van der Waals surface area contributed by atoms with E-state index in [1.165, 1.54) is 0 Å². The zero-order valence-electron chi connectivity index (χ0n) is 3.85. The lowest BCUT2D eigenvalue weighted by molar-refractivity contribution is 0.902. The molecule has 0 saturated carbocycles. The lowest BCUT2D eigenvalue weighted by Crippen LogP contribution is -1.77. The first-order valence-electron chi connectivity index (χ1n) is 1.85. The van der Waals surface area contributed by atoms with E-state index in [4.69, 9.17) is 11.6 Å². The molecular weight excluding hydrogens is 112 g/mol. The van der Waals surface area contributed by atoms with Crippen molar-refractivity contribution in [1.82, 2.24) is 9.55 Å². The largest absolute Gasteiger partial charge is 0.330 e. The van der Waals surface area contributed by atoms with Gasteiger partial charge in [0.2, 0.25) is 0 Å². The zero-order chi connectivity index (χ0) is 5.28. The monoisotopic (exact) mass is 115 g/mol. The summed E-state index contributed by atoms with van der Waals surface area (Å²) in [5.41, 5.74) is 0. The van der Waals surface area contributed by atoms with E-state index in [0.29, 0.717) is 5.15 Å². The van der Waals surface area contributed by atoms with Crippen molar-refractivity contribution in [2.24, 2.45) is 7.05 Å². The molecule has 1 heterocycles. The molecule has 2 nitrogen and oxygen atoms in total. The van der Waals surface area contributed by atoms with Gasteiger partial charge in [-0.2, -0.15) is 0 Å². The van der Waals surface area contributed by atoms with Crippen molar-refractivity contribution in [2.75, 3.05) is 0 Å². The average Bonchev–Trinajstić information content (AvgIpc) is 1.87. The quantitative estimate of drug-likeness (QED) is 0.491. The summed E-state index contributed by atoms with van der Waals surface area (Å²) in [6.07, 6.45) is 4.29. The highest BCUT2D eigenvalue weighted by Crippen LogP contribution is 1.98. The van der Waals surface area contributed by atoms with E-state index in [2.05, 4.69) is 11.3 Å². The highest BCUT2D eigenvalue weighted by molar-refractivity contribution is 6.29. The summed E-state index contributed by atoms with van der Waals surface area (Å²) < 4.78 is 1.67. The molecule has 0 unspecified atom stereocenters. The molecule has 1 aromatic heterocycles. The minimum atomic E-state index is 0.488. The summed E-state index contributed by atoms with van der Waals surface area (Å²) in [6.45, 7) is 0. The highest BCUT2D eigenvalue weighted by atomic mass is 35.5. The normalized spacial score (nSPS) is 9.43. The van der Waals surface area contributed by atoms with E-state index >= 15 is 0 Å². The minimum Gasteiger partial charge on any atom is -0.330 e. The van der Waals surface area contributed by atoms with Crippen LogP contribution in [0.15, 0.2) is 6.20 Å². The van der Waals surface area contributed by atoms with Crippen LogP contribution in [0.4, 0.5) is 0 Å². The molecule has 0 spiro atoms. The van der Waals surface area contributed by atoms with Crippen molar-refractivity contribution >= 4 is 11.6 Å². The lowest BCUT2D eigenvalue weighted by atomic mass is 10.9. The van der Waals surface area contributed by atoms with Gasteiger partial charge in [0.1, 0.15) is 5.15 Å². The maximum Gasteiger partial charge on any atom is 0.177 e. The number of hydrogen-bond donors (Lipinski definition) is 0. The molecule has 37 valence electrons. The molecule has 3 heteroatoms. The number of nitrogens with zero attached hydrogens (tertiary/aromatic N) is 2. The van der Waals surface area contributed by atoms with Gasteiger partial charge in [0.15, 0.2) is 6.33 Å². The van der Waals surface area contributed by atoms with E-state index < -0.39 is 0 Å². The van der Waals surface area contributed by atoms with E-state index in [1.54, 1.807) is 10.8 Å². The molecule has 0 N–H and O–H groups in total. The van der Waals surface area contributed by atoms with E-state index in [0.717, 1.165) is 0 Å². The molecule has 0 atom stereocenters. The van der Waals surface area contributed by atoms with Gasteiger partial charge >= 0.3 is 0 Å².